The molecule has 5 heteroatoms. The van der Waals surface area contributed by atoms with Crippen molar-refractivity contribution in [3.05, 3.63) is 64.8 Å². The number of amides is 1. The van der Waals surface area contributed by atoms with Crippen LogP contribution < -0.4 is 4.74 Å². The molecule has 3 aromatic rings. The molecular formula is C20H19ClN2O2. The fourth-order valence-corrected chi connectivity index (χ4v) is 3.62. The monoisotopic (exact) mass is 354 g/mol. The van der Waals surface area contributed by atoms with Gasteiger partial charge in [0, 0.05) is 35.2 Å². The average molecular weight is 355 g/mol. The van der Waals surface area contributed by atoms with Crippen molar-refractivity contribution < 1.29 is 9.53 Å². The zero-order chi connectivity index (χ0) is 17.4. The van der Waals surface area contributed by atoms with Crippen molar-refractivity contribution in [2.45, 2.75) is 13.0 Å². The number of halogens is 1. The number of nitrogens with zero attached hydrogens (tertiary/aromatic N) is 2. The van der Waals surface area contributed by atoms with Gasteiger partial charge in [0.25, 0.3) is 5.91 Å². The number of benzene rings is 2. The summed E-state index contributed by atoms with van der Waals surface area (Å²) in [5.41, 5.74) is 3.80. The fourth-order valence-electron chi connectivity index (χ4n) is 3.49. The lowest BCUT2D eigenvalue weighted by molar-refractivity contribution is -0.134. The first kappa shape index (κ1) is 16.0. The summed E-state index contributed by atoms with van der Waals surface area (Å²) in [6.07, 6.45) is 0.878. The van der Waals surface area contributed by atoms with Crippen molar-refractivity contribution in [3.8, 4) is 5.75 Å². The minimum Gasteiger partial charge on any atom is -0.484 e. The molecule has 0 fully saturated rings. The molecule has 0 unspecified atom stereocenters. The van der Waals surface area contributed by atoms with Crippen LogP contribution in [0, 0.1) is 0 Å². The van der Waals surface area contributed by atoms with E-state index in [4.69, 9.17) is 16.3 Å². The molecule has 128 valence electrons. The number of carbonyl (C=O) groups is 1. The molecule has 0 saturated carbocycles. The molecule has 25 heavy (non-hydrogen) atoms. The predicted molar refractivity (Wildman–Crippen MR) is 99.0 cm³/mol. The number of hydrogen-bond acceptors (Lipinski definition) is 2. The van der Waals surface area contributed by atoms with Gasteiger partial charge in [-0.05, 0) is 42.3 Å². The van der Waals surface area contributed by atoms with E-state index >= 15 is 0 Å². The highest BCUT2D eigenvalue weighted by Gasteiger charge is 2.25. The van der Waals surface area contributed by atoms with Crippen molar-refractivity contribution in [3.63, 3.8) is 0 Å². The van der Waals surface area contributed by atoms with Gasteiger partial charge in [-0.15, -0.1) is 0 Å². The Morgan fingerprint density at radius 2 is 1.92 bits per heavy atom. The number of rotatable bonds is 3. The maximum absolute atomic E-state index is 12.5. The second kappa shape index (κ2) is 6.45. The van der Waals surface area contributed by atoms with Gasteiger partial charge in [0.15, 0.2) is 6.61 Å². The van der Waals surface area contributed by atoms with E-state index in [0.29, 0.717) is 17.3 Å². The summed E-state index contributed by atoms with van der Waals surface area (Å²) < 4.78 is 7.80. The van der Waals surface area contributed by atoms with E-state index in [2.05, 4.69) is 35.9 Å². The molecule has 4 nitrogen and oxygen atoms in total. The molecule has 4 rings (SSSR count). The Balaban J connectivity index is 1.48. The SMILES string of the molecule is Cn1c2c(c3ccccc31)CCN(C(=O)COc1ccc(Cl)cc1)C2. The van der Waals surface area contributed by atoms with Gasteiger partial charge < -0.3 is 14.2 Å². The largest absolute Gasteiger partial charge is 0.484 e. The highest BCUT2D eigenvalue weighted by atomic mass is 35.5. The molecular weight excluding hydrogens is 336 g/mol. The van der Waals surface area contributed by atoms with E-state index < -0.39 is 0 Å². The Kier molecular flexibility index (Phi) is 4.14. The summed E-state index contributed by atoms with van der Waals surface area (Å²) in [6.45, 7) is 1.40. The van der Waals surface area contributed by atoms with Crippen LogP contribution in [0.3, 0.4) is 0 Å². The van der Waals surface area contributed by atoms with Crippen molar-refractivity contribution >= 4 is 28.4 Å². The van der Waals surface area contributed by atoms with Crippen LogP contribution >= 0.6 is 11.6 Å². The number of carbonyl (C=O) groups excluding carboxylic acids is 1. The Morgan fingerprint density at radius 1 is 1.16 bits per heavy atom. The van der Waals surface area contributed by atoms with Crippen LogP contribution in [0.1, 0.15) is 11.3 Å². The lowest BCUT2D eigenvalue weighted by Gasteiger charge is -2.28. The van der Waals surface area contributed by atoms with Crippen LogP contribution in [0.5, 0.6) is 5.75 Å². The molecule has 1 aromatic heterocycles. The Hall–Kier alpha value is -2.46. The van der Waals surface area contributed by atoms with Crippen molar-refractivity contribution in [1.82, 2.24) is 9.47 Å². The number of aryl methyl sites for hydroxylation is 1. The van der Waals surface area contributed by atoms with E-state index in [-0.39, 0.29) is 12.5 Å². The van der Waals surface area contributed by atoms with Crippen molar-refractivity contribution in [2.75, 3.05) is 13.2 Å². The molecule has 0 saturated heterocycles. The summed E-state index contributed by atoms with van der Waals surface area (Å²) >= 11 is 5.86. The number of fused-ring (bicyclic) bond motifs is 3. The fraction of sp³-hybridized carbons (Fsp3) is 0.250. The molecule has 2 heterocycles. The summed E-state index contributed by atoms with van der Waals surface area (Å²) in [5.74, 6) is 0.658. The number of hydrogen-bond donors (Lipinski definition) is 0. The van der Waals surface area contributed by atoms with Crippen LogP contribution in [0.15, 0.2) is 48.5 Å². The molecule has 0 atom stereocenters. The molecule has 1 amide bonds. The van der Waals surface area contributed by atoms with E-state index in [1.165, 1.54) is 22.2 Å². The van der Waals surface area contributed by atoms with Crippen LogP contribution in [-0.4, -0.2) is 28.5 Å². The maximum Gasteiger partial charge on any atom is 0.260 e. The van der Waals surface area contributed by atoms with Gasteiger partial charge in [-0.25, -0.2) is 0 Å². The minimum atomic E-state index is 0.00542. The van der Waals surface area contributed by atoms with Crippen molar-refractivity contribution in [2.24, 2.45) is 7.05 Å². The Bertz CT molecular complexity index is 931. The molecule has 0 aliphatic carbocycles. The minimum absolute atomic E-state index is 0.00542. The normalized spacial score (nSPS) is 13.8. The third kappa shape index (κ3) is 2.98. The summed E-state index contributed by atoms with van der Waals surface area (Å²) in [4.78, 5) is 14.4. The summed E-state index contributed by atoms with van der Waals surface area (Å²) in [6, 6.07) is 15.5. The third-order valence-electron chi connectivity index (χ3n) is 4.84. The molecule has 0 radical (unpaired) electrons. The molecule has 0 N–H and O–H groups in total. The molecule has 0 bridgehead atoms. The standard InChI is InChI=1S/C20H19ClN2O2/c1-22-18-5-3-2-4-16(18)17-10-11-23(12-19(17)22)20(24)13-25-15-8-6-14(21)7-9-15/h2-9H,10-13H2,1H3. The first-order valence-electron chi connectivity index (χ1n) is 8.35. The highest BCUT2D eigenvalue weighted by Crippen LogP contribution is 2.29. The molecule has 2 aromatic carbocycles. The molecule has 0 spiro atoms. The molecule has 1 aliphatic rings. The zero-order valence-electron chi connectivity index (χ0n) is 14.0. The number of ether oxygens (including phenoxy) is 1. The van der Waals surface area contributed by atoms with Crippen LogP contribution in [0.25, 0.3) is 10.9 Å². The second-order valence-electron chi connectivity index (χ2n) is 6.31. The van der Waals surface area contributed by atoms with E-state index in [9.17, 15) is 4.79 Å². The van der Waals surface area contributed by atoms with E-state index in [1.807, 2.05) is 4.90 Å². The lowest BCUT2D eigenvalue weighted by Crippen LogP contribution is -2.39. The first-order valence-corrected chi connectivity index (χ1v) is 8.72. The van der Waals surface area contributed by atoms with Crippen LogP contribution in [0.4, 0.5) is 0 Å². The zero-order valence-corrected chi connectivity index (χ0v) is 14.8. The average Bonchev–Trinajstić information content (AvgIpc) is 2.93. The summed E-state index contributed by atoms with van der Waals surface area (Å²) in [5, 5.41) is 1.95. The van der Waals surface area contributed by atoms with Crippen LogP contribution in [0.2, 0.25) is 5.02 Å². The smallest absolute Gasteiger partial charge is 0.260 e. The number of aromatic nitrogens is 1. The third-order valence-corrected chi connectivity index (χ3v) is 5.10. The van der Waals surface area contributed by atoms with Gasteiger partial charge >= 0.3 is 0 Å². The second-order valence-corrected chi connectivity index (χ2v) is 6.75. The quantitative estimate of drug-likeness (QED) is 0.717. The van der Waals surface area contributed by atoms with Gasteiger partial charge in [0.2, 0.25) is 0 Å². The van der Waals surface area contributed by atoms with Gasteiger partial charge in [-0.1, -0.05) is 29.8 Å². The van der Waals surface area contributed by atoms with Gasteiger partial charge in [0.05, 0.1) is 6.54 Å². The first-order chi connectivity index (χ1) is 12.1. The highest BCUT2D eigenvalue weighted by molar-refractivity contribution is 6.30. The van der Waals surface area contributed by atoms with Gasteiger partial charge in [-0.3, -0.25) is 4.79 Å². The Morgan fingerprint density at radius 3 is 2.72 bits per heavy atom. The molecule has 1 aliphatic heterocycles. The maximum atomic E-state index is 12.5. The summed E-state index contributed by atoms with van der Waals surface area (Å²) in [7, 11) is 2.07. The van der Waals surface area contributed by atoms with E-state index in [0.717, 1.165) is 13.0 Å². The van der Waals surface area contributed by atoms with Gasteiger partial charge in [-0.2, -0.15) is 0 Å². The van der Waals surface area contributed by atoms with Crippen molar-refractivity contribution in [1.29, 1.82) is 0 Å². The predicted octanol–water partition coefficient (Wildman–Crippen LogP) is 3.80. The topological polar surface area (TPSA) is 34.5 Å². The lowest BCUT2D eigenvalue weighted by atomic mass is 10.0. The number of para-hydroxylation sites is 1. The van der Waals surface area contributed by atoms with E-state index in [1.54, 1.807) is 24.3 Å². The van der Waals surface area contributed by atoms with Gasteiger partial charge in [0.1, 0.15) is 5.75 Å². The van der Waals surface area contributed by atoms with Crippen LogP contribution in [-0.2, 0) is 24.8 Å². The Labute approximate surface area is 151 Å².